The predicted octanol–water partition coefficient (Wildman–Crippen LogP) is 0.370. The summed E-state index contributed by atoms with van der Waals surface area (Å²) in [6, 6.07) is 0. The molecule has 2 unspecified atom stereocenters. The number of carbonyl (C=O) groups is 1. The molecule has 0 spiro atoms. The van der Waals surface area contributed by atoms with E-state index in [9.17, 15) is 13.2 Å². The molecule has 2 atom stereocenters. The highest BCUT2D eigenvalue weighted by Gasteiger charge is 2.38. The lowest BCUT2D eigenvalue weighted by atomic mass is 9.92. The Hall–Kier alpha value is -0.660. The summed E-state index contributed by atoms with van der Waals surface area (Å²) in [5.74, 6) is -1.38. The van der Waals surface area contributed by atoms with Crippen LogP contribution in [0.2, 0.25) is 0 Å². The van der Waals surface area contributed by atoms with Crippen molar-refractivity contribution >= 4 is 16.2 Å². The minimum absolute atomic E-state index is 0.0947. The molecular formula is C11H20N2O4S. The van der Waals surface area contributed by atoms with E-state index in [4.69, 9.17) is 5.11 Å². The summed E-state index contributed by atoms with van der Waals surface area (Å²) >= 11 is 0. The van der Waals surface area contributed by atoms with Gasteiger partial charge in [-0.15, -0.1) is 0 Å². The molecule has 7 heteroatoms. The highest BCUT2D eigenvalue weighted by atomic mass is 32.2. The van der Waals surface area contributed by atoms with Crippen molar-refractivity contribution in [1.29, 1.82) is 0 Å². The first-order chi connectivity index (χ1) is 8.41. The minimum atomic E-state index is -3.46. The van der Waals surface area contributed by atoms with E-state index in [0.29, 0.717) is 26.1 Å². The molecule has 0 aromatic heterocycles. The Labute approximate surface area is 108 Å². The molecule has 2 fully saturated rings. The maximum absolute atomic E-state index is 12.4. The number of rotatable bonds is 3. The maximum Gasteiger partial charge on any atom is 0.307 e. The number of aliphatic carboxylic acids is 1. The summed E-state index contributed by atoms with van der Waals surface area (Å²) in [4.78, 5) is 11.1. The van der Waals surface area contributed by atoms with E-state index in [-0.39, 0.29) is 12.5 Å². The molecule has 0 amide bonds. The normalized spacial score (nSPS) is 31.6. The van der Waals surface area contributed by atoms with Crippen LogP contribution < -0.4 is 0 Å². The van der Waals surface area contributed by atoms with Gasteiger partial charge in [-0.1, -0.05) is 6.92 Å². The molecule has 18 heavy (non-hydrogen) atoms. The lowest BCUT2D eigenvalue weighted by Crippen LogP contribution is -2.50. The van der Waals surface area contributed by atoms with Gasteiger partial charge in [-0.05, 0) is 25.2 Å². The van der Waals surface area contributed by atoms with Crippen molar-refractivity contribution < 1.29 is 18.3 Å². The van der Waals surface area contributed by atoms with E-state index in [1.807, 2.05) is 6.92 Å². The summed E-state index contributed by atoms with van der Waals surface area (Å²) in [5, 5.41) is 9.07. The van der Waals surface area contributed by atoms with Crippen LogP contribution in [0, 0.1) is 11.8 Å². The first kappa shape index (κ1) is 13.8. The number of hydrogen-bond acceptors (Lipinski definition) is 3. The van der Waals surface area contributed by atoms with Gasteiger partial charge >= 0.3 is 5.97 Å². The van der Waals surface area contributed by atoms with Crippen LogP contribution in [0.3, 0.4) is 0 Å². The van der Waals surface area contributed by atoms with Crippen molar-refractivity contribution in [2.45, 2.75) is 26.2 Å². The highest BCUT2D eigenvalue weighted by Crippen LogP contribution is 2.26. The van der Waals surface area contributed by atoms with Crippen LogP contribution >= 0.6 is 0 Å². The second kappa shape index (κ2) is 5.14. The molecule has 0 saturated carbocycles. The second-order valence-electron chi connectivity index (χ2n) is 5.31. The number of nitrogens with zero attached hydrogens (tertiary/aromatic N) is 2. The zero-order chi connectivity index (χ0) is 13.3. The van der Waals surface area contributed by atoms with Crippen LogP contribution in [0.4, 0.5) is 0 Å². The van der Waals surface area contributed by atoms with Crippen LogP contribution in [0.5, 0.6) is 0 Å². The van der Waals surface area contributed by atoms with Gasteiger partial charge in [0.1, 0.15) is 0 Å². The Kier molecular flexibility index (Phi) is 3.93. The molecule has 0 aliphatic carbocycles. The van der Waals surface area contributed by atoms with Crippen molar-refractivity contribution in [3.63, 3.8) is 0 Å². The van der Waals surface area contributed by atoms with E-state index in [0.717, 1.165) is 12.8 Å². The average molecular weight is 276 g/mol. The first-order valence-corrected chi connectivity index (χ1v) is 7.79. The van der Waals surface area contributed by atoms with E-state index in [1.165, 1.54) is 8.61 Å². The molecule has 2 saturated heterocycles. The third-order valence-corrected chi connectivity index (χ3v) is 5.66. The van der Waals surface area contributed by atoms with Gasteiger partial charge in [-0.2, -0.15) is 17.0 Å². The van der Waals surface area contributed by atoms with Gasteiger partial charge in [-0.3, -0.25) is 4.79 Å². The largest absolute Gasteiger partial charge is 0.481 e. The Morgan fingerprint density at radius 2 is 1.78 bits per heavy atom. The fourth-order valence-corrected chi connectivity index (χ4v) is 4.61. The average Bonchev–Trinajstić information content (AvgIpc) is 2.82. The molecule has 0 bridgehead atoms. The van der Waals surface area contributed by atoms with Gasteiger partial charge in [0.15, 0.2) is 0 Å². The summed E-state index contributed by atoms with van der Waals surface area (Å²) in [6.07, 6.45) is 2.34. The second-order valence-corrected chi connectivity index (χ2v) is 7.24. The van der Waals surface area contributed by atoms with Gasteiger partial charge in [0.2, 0.25) is 0 Å². The van der Waals surface area contributed by atoms with Crippen molar-refractivity contribution in [2.75, 3.05) is 26.2 Å². The molecule has 6 nitrogen and oxygen atoms in total. The molecule has 2 rings (SSSR count). The molecule has 0 radical (unpaired) electrons. The molecule has 104 valence electrons. The topological polar surface area (TPSA) is 77.9 Å². The maximum atomic E-state index is 12.4. The van der Waals surface area contributed by atoms with Gasteiger partial charge in [0, 0.05) is 26.2 Å². The van der Waals surface area contributed by atoms with E-state index in [2.05, 4.69) is 0 Å². The first-order valence-electron chi connectivity index (χ1n) is 6.39. The summed E-state index contributed by atoms with van der Waals surface area (Å²) in [6.45, 7) is 3.57. The van der Waals surface area contributed by atoms with E-state index in [1.54, 1.807) is 0 Å². The fourth-order valence-electron chi connectivity index (χ4n) is 2.75. The number of hydrogen-bond donors (Lipinski definition) is 1. The molecule has 2 aliphatic rings. The third-order valence-electron chi connectivity index (χ3n) is 3.69. The SMILES string of the molecule is CC1CC(C(=O)O)CN(S(=O)(=O)N2CCCC2)C1. The zero-order valence-corrected chi connectivity index (χ0v) is 11.4. The van der Waals surface area contributed by atoms with Crippen LogP contribution in [-0.2, 0) is 15.0 Å². The van der Waals surface area contributed by atoms with Gasteiger partial charge < -0.3 is 5.11 Å². The van der Waals surface area contributed by atoms with E-state index >= 15 is 0 Å². The van der Waals surface area contributed by atoms with Crippen molar-refractivity contribution in [3.8, 4) is 0 Å². The lowest BCUT2D eigenvalue weighted by molar-refractivity contribution is -0.143. The number of carboxylic acid groups (broad SMARTS) is 1. The standard InChI is InChI=1S/C11H20N2O4S/c1-9-6-10(11(14)15)8-13(7-9)18(16,17)12-4-2-3-5-12/h9-10H,2-8H2,1H3,(H,14,15). The molecule has 0 aromatic rings. The quantitative estimate of drug-likeness (QED) is 0.808. The Morgan fingerprint density at radius 1 is 1.17 bits per heavy atom. The predicted molar refractivity (Wildman–Crippen MR) is 66.2 cm³/mol. The van der Waals surface area contributed by atoms with Crippen molar-refractivity contribution in [3.05, 3.63) is 0 Å². The molecule has 0 aromatic carbocycles. The summed E-state index contributed by atoms with van der Waals surface area (Å²) < 4.78 is 27.5. The van der Waals surface area contributed by atoms with Crippen LogP contribution in [0.25, 0.3) is 0 Å². The van der Waals surface area contributed by atoms with E-state index < -0.39 is 22.1 Å². The Balaban J connectivity index is 2.13. The zero-order valence-electron chi connectivity index (χ0n) is 10.6. The van der Waals surface area contributed by atoms with Crippen molar-refractivity contribution in [1.82, 2.24) is 8.61 Å². The molecule has 1 N–H and O–H groups in total. The molecule has 2 heterocycles. The summed E-state index contributed by atoms with van der Waals surface area (Å²) in [7, 11) is -3.46. The Morgan fingerprint density at radius 3 is 2.33 bits per heavy atom. The van der Waals surface area contributed by atoms with Crippen molar-refractivity contribution in [2.24, 2.45) is 11.8 Å². The molecular weight excluding hydrogens is 256 g/mol. The molecule has 2 aliphatic heterocycles. The van der Waals surface area contributed by atoms with Crippen LogP contribution in [-0.4, -0.2) is 54.3 Å². The number of carboxylic acids is 1. The van der Waals surface area contributed by atoms with Gasteiger partial charge in [0.05, 0.1) is 5.92 Å². The minimum Gasteiger partial charge on any atom is -0.481 e. The summed E-state index contributed by atoms with van der Waals surface area (Å²) in [5.41, 5.74) is 0. The smallest absolute Gasteiger partial charge is 0.307 e. The lowest BCUT2D eigenvalue weighted by Gasteiger charge is -2.35. The highest BCUT2D eigenvalue weighted by molar-refractivity contribution is 7.86. The Bertz CT molecular complexity index is 417. The monoisotopic (exact) mass is 276 g/mol. The number of piperidine rings is 1. The van der Waals surface area contributed by atoms with Crippen LogP contribution in [0.15, 0.2) is 0 Å². The fraction of sp³-hybridized carbons (Fsp3) is 0.909. The van der Waals surface area contributed by atoms with Crippen LogP contribution in [0.1, 0.15) is 26.2 Å². The van der Waals surface area contributed by atoms with Gasteiger partial charge in [0.25, 0.3) is 10.2 Å². The van der Waals surface area contributed by atoms with Gasteiger partial charge in [-0.25, -0.2) is 0 Å². The third kappa shape index (κ3) is 2.67.